The first kappa shape index (κ1) is 24.3. The van der Waals surface area contributed by atoms with Crippen molar-refractivity contribution in [3.8, 4) is 12.1 Å². The maximum absolute atomic E-state index is 13.5. The number of halogens is 3. The molecule has 1 aliphatic rings. The zero-order valence-electron chi connectivity index (χ0n) is 19.4. The molecule has 3 heterocycles. The second kappa shape index (κ2) is 9.22. The molecule has 38 heavy (non-hydrogen) atoms. The Morgan fingerprint density at radius 1 is 1.11 bits per heavy atom. The molecular weight excluding hydrogens is 501 g/mol. The van der Waals surface area contributed by atoms with Gasteiger partial charge in [0.1, 0.15) is 6.04 Å². The third-order valence-electron chi connectivity index (χ3n) is 5.85. The van der Waals surface area contributed by atoms with Crippen LogP contribution in [0.25, 0.3) is 0 Å². The van der Waals surface area contributed by atoms with Crippen LogP contribution in [0.15, 0.2) is 76.6 Å². The van der Waals surface area contributed by atoms with Gasteiger partial charge in [0.2, 0.25) is 11.7 Å². The van der Waals surface area contributed by atoms with Crippen LogP contribution >= 0.6 is 0 Å². The van der Waals surface area contributed by atoms with Crippen LogP contribution < -0.4 is 10.2 Å². The van der Waals surface area contributed by atoms with E-state index in [1.54, 1.807) is 31.2 Å². The first-order valence-electron chi connectivity index (χ1n) is 11.0. The molecule has 0 saturated heterocycles. The van der Waals surface area contributed by atoms with E-state index >= 15 is 0 Å². The SMILES string of the molecule is CC1=C(C#N)C(c2ccc(C#N)cc2)n2nc(NC(=O)c3ccno3)nc2N1c1cccc(C(F)(F)F)c1. The Morgan fingerprint density at radius 3 is 2.50 bits per heavy atom. The van der Waals surface area contributed by atoms with E-state index in [-0.39, 0.29) is 28.9 Å². The molecule has 0 saturated carbocycles. The van der Waals surface area contributed by atoms with E-state index < -0.39 is 23.7 Å². The molecule has 10 nitrogen and oxygen atoms in total. The molecule has 0 fully saturated rings. The van der Waals surface area contributed by atoms with E-state index in [1.807, 2.05) is 6.07 Å². The molecule has 1 N–H and O–H groups in total. The standard InChI is InChI=1S/C25H15F3N8O2/c1-14-19(13-30)21(16-7-5-15(12-29)6-8-16)36-24(33-23(34-36)32-22(37)20-9-10-31-38-20)35(14)18-4-2-3-17(11-18)25(26,27)28/h2-11,21H,1H3,(H,32,34,37). The Labute approximate surface area is 212 Å². The number of carbonyl (C=O) groups is 1. The Balaban J connectivity index is 1.68. The van der Waals surface area contributed by atoms with Gasteiger partial charge in [-0.05, 0) is 42.8 Å². The summed E-state index contributed by atoms with van der Waals surface area (Å²) in [6.07, 6.45) is -3.32. The zero-order valence-corrected chi connectivity index (χ0v) is 19.4. The quantitative estimate of drug-likeness (QED) is 0.402. The number of nitriles is 2. The summed E-state index contributed by atoms with van der Waals surface area (Å²) in [6.45, 7) is 1.58. The molecule has 0 spiro atoms. The summed E-state index contributed by atoms with van der Waals surface area (Å²) in [5, 5.41) is 29.6. The van der Waals surface area contributed by atoms with E-state index in [4.69, 9.17) is 9.78 Å². The van der Waals surface area contributed by atoms with Gasteiger partial charge >= 0.3 is 6.18 Å². The van der Waals surface area contributed by atoms with Crippen LogP contribution in [0.2, 0.25) is 0 Å². The lowest BCUT2D eigenvalue weighted by molar-refractivity contribution is -0.137. The number of anilines is 3. The van der Waals surface area contributed by atoms with E-state index in [1.165, 1.54) is 34.0 Å². The summed E-state index contributed by atoms with van der Waals surface area (Å²) >= 11 is 0. The predicted octanol–water partition coefficient (Wildman–Crippen LogP) is 4.95. The smallest absolute Gasteiger partial charge is 0.351 e. The van der Waals surface area contributed by atoms with Crippen LogP contribution in [0.3, 0.4) is 0 Å². The number of benzene rings is 2. The van der Waals surface area contributed by atoms with Gasteiger partial charge in [0.15, 0.2) is 0 Å². The van der Waals surface area contributed by atoms with Crippen molar-refractivity contribution in [1.82, 2.24) is 19.9 Å². The topological polar surface area (TPSA) is 137 Å². The van der Waals surface area contributed by atoms with Crippen LogP contribution in [0.4, 0.5) is 30.8 Å². The molecule has 0 bridgehead atoms. The third-order valence-corrected chi connectivity index (χ3v) is 5.85. The maximum atomic E-state index is 13.5. The van der Waals surface area contributed by atoms with Crippen molar-refractivity contribution in [3.05, 3.63) is 94.5 Å². The van der Waals surface area contributed by atoms with Crippen LogP contribution in [0, 0.1) is 22.7 Å². The summed E-state index contributed by atoms with van der Waals surface area (Å²) < 4.78 is 46.7. The molecule has 1 amide bonds. The summed E-state index contributed by atoms with van der Waals surface area (Å²) in [7, 11) is 0. The van der Waals surface area contributed by atoms with Gasteiger partial charge in [0.25, 0.3) is 11.9 Å². The average molecular weight is 516 g/mol. The number of allylic oxidation sites excluding steroid dienone is 2. The first-order chi connectivity index (χ1) is 18.2. The molecule has 5 rings (SSSR count). The van der Waals surface area contributed by atoms with Gasteiger partial charge in [-0.15, -0.1) is 5.10 Å². The molecule has 2 aromatic carbocycles. The monoisotopic (exact) mass is 516 g/mol. The lowest BCUT2D eigenvalue weighted by Gasteiger charge is -2.34. The van der Waals surface area contributed by atoms with E-state index in [0.29, 0.717) is 16.8 Å². The van der Waals surface area contributed by atoms with Crippen LogP contribution in [-0.2, 0) is 6.18 Å². The van der Waals surface area contributed by atoms with Gasteiger partial charge < -0.3 is 4.52 Å². The second-order valence-electron chi connectivity index (χ2n) is 8.14. The second-order valence-corrected chi connectivity index (χ2v) is 8.14. The highest BCUT2D eigenvalue weighted by Gasteiger charge is 2.37. The van der Waals surface area contributed by atoms with E-state index in [9.17, 15) is 23.2 Å². The first-order valence-corrected chi connectivity index (χ1v) is 11.0. The minimum atomic E-state index is -4.60. The van der Waals surface area contributed by atoms with Crippen molar-refractivity contribution in [2.24, 2.45) is 0 Å². The number of hydrogen-bond donors (Lipinski definition) is 1. The summed E-state index contributed by atoms with van der Waals surface area (Å²) in [4.78, 5) is 18.3. The molecule has 1 unspecified atom stereocenters. The zero-order chi connectivity index (χ0) is 27.0. The highest BCUT2D eigenvalue weighted by molar-refractivity contribution is 6.01. The number of aromatic nitrogens is 4. The third kappa shape index (κ3) is 4.22. The van der Waals surface area contributed by atoms with Gasteiger partial charge in [-0.2, -0.15) is 28.7 Å². The van der Waals surface area contributed by atoms with Gasteiger partial charge in [-0.25, -0.2) is 4.68 Å². The fraction of sp³-hybridized carbons (Fsp3) is 0.120. The average Bonchev–Trinajstić information content (AvgIpc) is 3.58. The van der Waals surface area contributed by atoms with Crippen molar-refractivity contribution >= 4 is 23.5 Å². The number of nitrogens with one attached hydrogen (secondary N) is 1. The molecule has 13 heteroatoms. The Kier molecular flexibility index (Phi) is 5.89. The molecule has 2 aromatic heterocycles. The number of amides is 1. The van der Waals surface area contributed by atoms with E-state index in [2.05, 4.69) is 26.6 Å². The van der Waals surface area contributed by atoms with Crippen molar-refractivity contribution in [2.75, 3.05) is 10.2 Å². The molecule has 188 valence electrons. The van der Waals surface area contributed by atoms with Crippen LogP contribution in [0.1, 0.15) is 40.2 Å². The van der Waals surface area contributed by atoms with Gasteiger partial charge in [0.05, 0.1) is 35.0 Å². The Hall–Kier alpha value is -5.43. The highest BCUT2D eigenvalue weighted by atomic mass is 19.4. The minimum Gasteiger partial charge on any atom is -0.351 e. The van der Waals surface area contributed by atoms with E-state index in [0.717, 1.165) is 12.1 Å². The van der Waals surface area contributed by atoms with Crippen molar-refractivity contribution < 1.29 is 22.5 Å². The Morgan fingerprint density at radius 2 is 1.87 bits per heavy atom. The number of hydrogen-bond acceptors (Lipinski definition) is 8. The minimum absolute atomic E-state index is 0.0584. The molecule has 1 aliphatic heterocycles. The van der Waals surface area contributed by atoms with Gasteiger partial charge in [-0.1, -0.05) is 23.4 Å². The van der Waals surface area contributed by atoms with Crippen LogP contribution in [0.5, 0.6) is 0 Å². The molecule has 0 aliphatic carbocycles. The number of carbonyl (C=O) groups excluding carboxylic acids is 1. The molecule has 0 radical (unpaired) electrons. The molecule has 1 atom stereocenters. The maximum Gasteiger partial charge on any atom is 0.416 e. The number of nitrogens with zero attached hydrogens (tertiary/aromatic N) is 7. The van der Waals surface area contributed by atoms with Gasteiger partial charge in [0, 0.05) is 17.5 Å². The molecule has 4 aromatic rings. The van der Waals surface area contributed by atoms with Crippen molar-refractivity contribution in [2.45, 2.75) is 19.1 Å². The Bertz CT molecular complexity index is 1640. The number of alkyl halides is 3. The number of rotatable bonds is 4. The summed E-state index contributed by atoms with van der Waals surface area (Å²) in [5.41, 5.74) is 0.661. The highest BCUT2D eigenvalue weighted by Crippen LogP contribution is 2.43. The fourth-order valence-electron chi connectivity index (χ4n) is 4.10. The summed E-state index contributed by atoms with van der Waals surface area (Å²) in [5.74, 6) is -0.925. The molecular formula is C25H15F3N8O2. The summed E-state index contributed by atoms with van der Waals surface area (Å²) in [6, 6.07) is 15.7. The lowest BCUT2D eigenvalue weighted by atomic mass is 9.95. The van der Waals surface area contributed by atoms with Crippen LogP contribution in [-0.4, -0.2) is 25.8 Å². The van der Waals surface area contributed by atoms with Gasteiger partial charge in [-0.3, -0.25) is 15.0 Å². The fourth-order valence-corrected chi connectivity index (χ4v) is 4.10. The normalized spacial score (nSPS) is 15.0. The largest absolute Gasteiger partial charge is 0.416 e. The van der Waals surface area contributed by atoms with Crippen molar-refractivity contribution in [3.63, 3.8) is 0 Å². The predicted molar refractivity (Wildman–Crippen MR) is 126 cm³/mol. The number of fused-ring (bicyclic) bond motifs is 1. The lowest BCUT2D eigenvalue weighted by Crippen LogP contribution is -2.31. The van der Waals surface area contributed by atoms with Crippen molar-refractivity contribution in [1.29, 1.82) is 10.5 Å².